The highest BCUT2D eigenvalue weighted by Crippen LogP contribution is 2.35. The van der Waals surface area contributed by atoms with Crippen LogP contribution in [0.4, 0.5) is 5.69 Å². The van der Waals surface area contributed by atoms with Crippen molar-refractivity contribution in [1.29, 1.82) is 0 Å². The zero-order valence-corrected chi connectivity index (χ0v) is 10.2. The van der Waals surface area contributed by atoms with Crippen molar-refractivity contribution < 1.29 is 4.74 Å². The second-order valence-corrected chi connectivity index (χ2v) is 4.53. The van der Waals surface area contributed by atoms with Crippen LogP contribution in [-0.4, -0.2) is 11.6 Å². The van der Waals surface area contributed by atoms with E-state index in [4.69, 9.17) is 10.5 Å². The van der Waals surface area contributed by atoms with E-state index in [1.807, 2.05) is 30.5 Å². The van der Waals surface area contributed by atoms with Crippen LogP contribution in [0, 0.1) is 0 Å². The number of pyridine rings is 1. The van der Waals surface area contributed by atoms with Crippen LogP contribution < -0.4 is 5.73 Å². The monoisotopic (exact) mass is 240 g/mol. The fourth-order valence-electron chi connectivity index (χ4n) is 2.41. The number of nitrogen functional groups attached to an aromatic ring is 1. The predicted molar refractivity (Wildman–Crippen MR) is 72.0 cm³/mol. The van der Waals surface area contributed by atoms with Crippen molar-refractivity contribution in [2.24, 2.45) is 0 Å². The van der Waals surface area contributed by atoms with Crippen molar-refractivity contribution in [2.45, 2.75) is 18.9 Å². The highest BCUT2D eigenvalue weighted by atomic mass is 16.5. The van der Waals surface area contributed by atoms with Gasteiger partial charge >= 0.3 is 0 Å². The van der Waals surface area contributed by atoms with E-state index in [1.165, 1.54) is 0 Å². The zero-order valence-electron chi connectivity index (χ0n) is 10.2. The molecule has 0 saturated carbocycles. The quantitative estimate of drug-likeness (QED) is 0.877. The highest BCUT2D eigenvalue weighted by Gasteiger charge is 2.22. The number of nitrogens with two attached hydrogens (primary N) is 1. The van der Waals surface area contributed by atoms with Crippen LogP contribution >= 0.6 is 0 Å². The Morgan fingerprint density at radius 2 is 2.00 bits per heavy atom. The summed E-state index contributed by atoms with van der Waals surface area (Å²) in [5, 5.41) is 0. The number of rotatable bonds is 2. The number of hydrogen-bond acceptors (Lipinski definition) is 3. The molecule has 1 fully saturated rings. The molecule has 92 valence electrons. The molecular formula is C15H16N2O. The molecule has 0 spiro atoms. The lowest BCUT2D eigenvalue weighted by atomic mass is 10.0. The predicted octanol–water partition coefficient (Wildman–Crippen LogP) is 3.18. The number of aromatic nitrogens is 1. The van der Waals surface area contributed by atoms with Crippen LogP contribution in [0.1, 0.15) is 24.6 Å². The second-order valence-electron chi connectivity index (χ2n) is 4.53. The Morgan fingerprint density at radius 3 is 2.72 bits per heavy atom. The van der Waals surface area contributed by atoms with Gasteiger partial charge in [-0.25, -0.2) is 0 Å². The van der Waals surface area contributed by atoms with E-state index < -0.39 is 0 Å². The van der Waals surface area contributed by atoms with Gasteiger partial charge in [0.25, 0.3) is 0 Å². The first kappa shape index (κ1) is 11.2. The molecule has 1 saturated heterocycles. The smallest absolute Gasteiger partial charge is 0.102 e. The van der Waals surface area contributed by atoms with Crippen LogP contribution in [-0.2, 0) is 4.74 Å². The molecule has 0 amide bonds. The summed E-state index contributed by atoms with van der Waals surface area (Å²) in [6, 6.07) is 12.1. The van der Waals surface area contributed by atoms with E-state index in [2.05, 4.69) is 17.1 Å². The topological polar surface area (TPSA) is 48.1 Å². The van der Waals surface area contributed by atoms with Gasteiger partial charge in [0.2, 0.25) is 0 Å². The van der Waals surface area contributed by atoms with E-state index >= 15 is 0 Å². The Kier molecular flexibility index (Phi) is 2.99. The normalized spacial score (nSPS) is 19.0. The summed E-state index contributed by atoms with van der Waals surface area (Å²) < 4.78 is 5.67. The highest BCUT2D eigenvalue weighted by molar-refractivity contribution is 5.77. The van der Waals surface area contributed by atoms with Gasteiger partial charge in [0, 0.05) is 18.4 Å². The molecule has 1 aromatic carbocycles. The Bertz CT molecular complexity index is 533. The number of ether oxygens (including phenoxy) is 1. The van der Waals surface area contributed by atoms with Gasteiger partial charge in [0.15, 0.2) is 0 Å². The number of hydrogen-bond donors (Lipinski definition) is 1. The lowest BCUT2D eigenvalue weighted by Crippen LogP contribution is -2.05. The average Bonchev–Trinajstić information content (AvgIpc) is 2.94. The Morgan fingerprint density at radius 1 is 1.17 bits per heavy atom. The maximum atomic E-state index is 6.25. The lowest BCUT2D eigenvalue weighted by Gasteiger charge is -2.14. The number of benzene rings is 1. The summed E-state index contributed by atoms with van der Waals surface area (Å²) in [4.78, 5) is 4.40. The molecule has 1 atom stereocenters. The summed E-state index contributed by atoms with van der Waals surface area (Å²) in [5.74, 6) is 0. The van der Waals surface area contributed by atoms with Crippen LogP contribution in [0.5, 0.6) is 0 Å². The lowest BCUT2D eigenvalue weighted by molar-refractivity contribution is 0.109. The summed E-state index contributed by atoms with van der Waals surface area (Å²) >= 11 is 0. The van der Waals surface area contributed by atoms with Crippen molar-refractivity contribution in [1.82, 2.24) is 4.98 Å². The van der Waals surface area contributed by atoms with Crippen LogP contribution in [0.3, 0.4) is 0 Å². The maximum Gasteiger partial charge on any atom is 0.102 e. The molecule has 0 bridgehead atoms. The molecule has 2 heterocycles. The molecule has 1 aliphatic rings. The minimum absolute atomic E-state index is 0.0636. The maximum absolute atomic E-state index is 6.25. The Balaban J connectivity index is 2.04. The SMILES string of the molecule is Nc1c(-c2ccccc2)ccnc1C1CCCO1. The average molecular weight is 240 g/mol. The van der Waals surface area contributed by atoms with Gasteiger partial charge in [0.05, 0.1) is 11.4 Å². The van der Waals surface area contributed by atoms with E-state index in [0.29, 0.717) is 0 Å². The first-order valence-corrected chi connectivity index (χ1v) is 6.27. The van der Waals surface area contributed by atoms with Gasteiger partial charge < -0.3 is 10.5 Å². The molecule has 0 radical (unpaired) electrons. The molecule has 3 rings (SSSR count). The fourth-order valence-corrected chi connectivity index (χ4v) is 2.41. The second kappa shape index (κ2) is 4.78. The Labute approximate surface area is 107 Å². The third-order valence-electron chi connectivity index (χ3n) is 3.34. The molecule has 1 aromatic heterocycles. The van der Waals surface area contributed by atoms with Gasteiger partial charge in [0.1, 0.15) is 6.10 Å². The van der Waals surface area contributed by atoms with E-state index in [0.717, 1.165) is 42.0 Å². The minimum Gasteiger partial charge on any atom is -0.397 e. The van der Waals surface area contributed by atoms with Crippen LogP contribution in [0.2, 0.25) is 0 Å². The zero-order chi connectivity index (χ0) is 12.4. The number of nitrogens with zero attached hydrogens (tertiary/aromatic N) is 1. The molecule has 3 heteroatoms. The van der Waals surface area contributed by atoms with Gasteiger partial charge in [-0.05, 0) is 24.5 Å². The van der Waals surface area contributed by atoms with Crippen molar-refractivity contribution in [3.05, 3.63) is 48.3 Å². The summed E-state index contributed by atoms with van der Waals surface area (Å²) in [7, 11) is 0. The van der Waals surface area contributed by atoms with Crippen molar-refractivity contribution in [3.8, 4) is 11.1 Å². The van der Waals surface area contributed by atoms with E-state index in [-0.39, 0.29) is 6.10 Å². The third-order valence-corrected chi connectivity index (χ3v) is 3.34. The van der Waals surface area contributed by atoms with Crippen molar-refractivity contribution >= 4 is 5.69 Å². The van der Waals surface area contributed by atoms with Crippen LogP contribution in [0.15, 0.2) is 42.6 Å². The standard InChI is InChI=1S/C15H16N2O/c16-14-12(11-5-2-1-3-6-11)8-9-17-15(14)13-7-4-10-18-13/h1-3,5-6,8-9,13H,4,7,10,16H2. The molecular weight excluding hydrogens is 224 g/mol. The molecule has 18 heavy (non-hydrogen) atoms. The van der Waals surface area contributed by atoms with Gasteiger partial charge in [-0.3, -0.25) is 4.98 Å². The molecule has 3 nitrogen and oxygen atoms in total. The molecule has 1 aliphatic heterocycles. The summed E-state index contributed by atoms with van der Waals surface area (Å²) in [5.41, 5.74) is 10.0. The molecule has 2 aromatic rings. The first-order valence-electron chi connectivity index (χ1n) is 6.27. The summed E-state index contributed by atoms with van der Waals surface area (Å²) in [6.07, 6.45) is 3.97. The van der Waals surface area contributed by atoms with Gasteiger partial charge in [-0.15, -0.1) is 0 Å². The van der Waals surface area contributed by atoms with Gasteiger partial charge in [-0.2, -0.15) is 0 Å². The summed E-state index contributed by atoms with van der Waals surface area (Å²) in [6.45, 7) is 0.807. The van der Waals surface area contributed by atoms with Crippen molar-refractivity contribution in [2.75, 3.05) is 12.3 Å². The third kappa shape index (κ3) is 1.97. The number of anilines is 1. The minimum atomic E-state index is 0.0636. The van der Waals surface area contributed by atoms with Crippen molar-refractivity contribution in [3.63, 3.8) is 0 Å². The molecule has 0 aliphatic carbocycles. The van der Waals surface area contributed by atoms with E-state index in [1.54, 1.807) is 0 Å². The van der Waals surface area contributed by atoms with Gasteiger partial charge in [-0.1, -0.05) is 30.3 Å². The fraction of sp³-hybridized carbons (Fsp3) is 0.267. The van der Waals surface area contributed by atoms with E-state index in [9.17, 15) is 0 Å². The first-order chi connectivity index (χ1) is 8.86. The molecule has 2 N–H and O–H groups in total. The Hall–Kier alpha value is -1.87. The largest absolute Gasteiger partial charge is 0.397 e. The molecule has 1 unspecified atom stereocenters. The van der Waals surface area contributed by atoms with Crippen LogP contribution in [0.25, 0.3) is 11.1 Å².